The number of hydrogen-bond donors (Lipinski definition) is 1. The summed E-state index contributed by atoms with van der Waals surface area (Å²) in [6.45, 7) is 6.01. The fourth-order valence-corrected chi connectivity index (χ4v) is 3.88. The molecule has 0 spiro atoms. The fourth-order valence-electron chi connectivity index (χ4n) is 3.88. The molecule has 3 heteroatoms. The van der Waals surface area contributed by atoms with Gasteiger partial charge in [0, 0.05) is 18.5 Å². The molecule has 2 aromatic rings. The summed E-state index contributed by atoms with van der Waals surface area (Å²) in [5, 5.41) is 2.95. The third-order valence-corrected chi connectivity index (χ3v) is 5.83. The molecule has 0 unspecified atom stereocenters. The second kappa shape index (κ2) is 12.2. The van der Waals surface area contributed by atoms with Crippen LogP contribution in [0.5, 0.6) is 0 Å². The van der Waals surface area contributed by atoms with Gasteiger partial charge < -0.3 is 5.32 Å². The number of rotatable bonds is 8. The fraction of sp³-hybridized carbons (Fsp3) is 0.444. The minimum atomic E-state index is 0.0109. The number of nitrogens with zero attached hydrogens (tertiary/aromatic N) is 1. The number of amides is 1. The molecule has 1 N–H and O–H groups in total. The summed E-state index contributed by atoms with van der Waals surface area (Å²) < 4.78 is 0. The van der Waals surface area contributed by atoms with Gasteiger partial charge in [0.15, 0.2) is 0 Å². The predicted octanol–water partition coefficient (Wildman–Crippen LogP) is 4.72. The van der Waals surface area contributed by atoms with E-state index in [1.807, 2.05) is 24.3 Å². The third-order valence-electron chi connectivity index (χ3n) is 5.83. The first-order chi connectivity index (χ1) is 14.7. The van der Waals surface area contributed by atoms with E-state index in [4.69, 9.17) is 0 Å². The van der Waals surface area contributed by atoms with Gasteiger partial charge in [-0.05, 0) is 68.0 Å². The highest BCUT2D eigenvalue weighted by Gasteiger charge is 2.18. The zero-order chi connectivity index (χ0) is 21.0. The molecule has 0 aliphatic carbocycles. The average molecular weight is 403 g/mol. The summed E-state index contributed by atoms with van der Waals surface area (Å²) in [7, 11) is 0. The molecule has 1 heterocycles. The van der Waals surface area contributed by atoms with Gasteiger partial charge in [-0.25, -0.2) is 0 Å². The predicted molar refractivity (Wildman–Crippen MR) is 124 cm³/mol. The molecule has 1 fully saturated rings. The summed E-state index contributed by atoms with van der Waals surface area (Å²) in [4.78, 5) is 14.5. The summed E-state index contributed by atoms with van der Waals surface area (Å²) in [5.41, 5.74) is 3.34. The second-order valence-electron chi connectivity index (χ2n) is 8.25. The van der Waals surface area contributed by atoms with Crippen molar-refractivity contribution in [3.05, 3.63) is 71.3 Å². The highest BCUT2D eigenvalue weighted by molar-refractivity contribution is 5.94. The van der Waals surface area contributed by atoms with Crippen molar-refractivity contribution in [2.24, 2.45) is 5.92 Å². The zero-order valence-corrected chi connectivity index (χ0v) is 18.2. The Morgan fingerprint density at radius 3 is 2.43 bits per heavy atom. The van der Waals surface area contributed by atoms with Gasteiger partial charge >= 0.3 is 0 Å². The molecule has 1 amide bonds. The molecule has 0 atom stereocenters. The molecular weight excluding hydrogens is 368 g/mol. The van der Waals surface area contributed by atoms with Crippen molar-refractivity contribution in [1.29, 1.82) is 0 Å². The van der Waals surface area contributed by atoms with Crippen molar-refractivity contribution in [2.75, 3.05) is 26.2 Å². The number of carbonyl (C=O) groups is 1. The number of likely N-dealkylation sites (tertiary alicyclic amines) is 1. The molecule has 158 valence electrons. The van der Waals surface area contributed by atoms with E-state index in [2.05, 4.69) is 59.3 Å². The van der Waals surface area contributed by atoms with Crippen LogP contribution in [0.15, 0.2) is 54.6 Å². The minimum Gasteiger partial charge on any atom is -0.352 e. The zero-order valence-electron chi connectivity index (χ0n) is 18.2. The van der Waals surface area contributed by atoms with Crippen molar-refractivity contribution in [1.82, 2.24) is 10.2 Å². The Balaban J connectivity index is 1.36. The lowest BCUT2D eigenvalue weighted by Crippen LogP contribution is -2.34. The molecule has 1 saturated heterocycles. The van der Waals surface area contributed by atoms with E-state index in [-0.39, 0.29) is 5.91 Å². The number of nitrogens with one attached hydrogen (secondary N) is 1. The number of unbranched alkanes of at least 4 members (excludes halogenated alkanes) is 1. The molecule has 1 aliphatic rings. The Hall–Kier alpha value is -2.57. The summed E-state index contributed by atoms with van der Waals surface area (Å²) in [5.74, 6) is 7.45. The van der Waals surface area contributed by atoms with Crippen LogP contribution in [0.3, 0.4) is 0 Å². The number of hydrogen-bond acceptors (Lipinski definition) is 2. The normalized spacial score (nSPS) is 14.7. The Kier molecular flexibility index (Phi) is 9.00. The van der Waals surface area contributed by atoms with Gasteiger partial charge in [-0.15, -0.1) is 0 Å². The van der Waals surface area contributed by atoms with Crippen LogP contribution in [0, 0.1) is 17.8 Å². The Bertz CT molecular complexity index is 825. The van der Waals surface area contributed by atoms with E-state index in [1.165, 1.54) is 24.8 Å². The highest BCUT2D eigenvalue weighted by Crippen LogP contribution is 2.21. The SMILES string of the molecule is CCCCNC(=O)c1ccc(CC#CCN2CCC(Cc3ccccc3)CC2)cc1. The van der Waals surface area contributed by atoms with Gasteiger partial charge in [0.2, 0.25) is 0 Å². The molecule has 0 saturated carbocycles. The van der Waals surface area contributed by atoms with Crippen LogP contribution >= 0.6 is 0 Å². The third kappa shape index (κ3) is 7.35. The number of carbonyl (C=O) groups excluding carboxylic acids is 1. The van der Waals surface area contributed by atoms with Crippen LogP contribution in [-0.4, -0.2) is 37.0 Å². The monoisotopic (exact) mass is 402 g/mol. The smallest absolute Gasteiger partial charge is 0.251 e. The minimum absolute atomic E-state index is 0.0109. The summed E-state index contributed by atoms with van der Waals surface area (Å²) >= 11 is 0. The molecule has 2 aromatic carbocycles. The lowest BCUT2D eigenvalue weighted by molar-refractivity contribution is 0.0953. The van der Waals surface area contributed by atoms with E-state index in [9.17, 15) is 4.79 Å². The van der Waals surface area contributed by atoms with Gasteiger partial charge in [-0.2, -0.15) is 0 Å². The maximum atomic E-state index is 12.0. The lowest BCUT2D eigenvalue weighted by atomic mass is 9.90. The van der Waals surface area contributed by atoms with Gasteiger partial charge in [0.25, 0.3) is 5.91 Å². The molecule has 0 radical (unpaired) electrons. The van der Waals surface area contributed by atoms with Crippen LogP contribution < -0.4 is 5.32 Å². The first-order valence-corrected chi connectivity index (χ1v) is 11.3. The van der Waals surface area contributed by atoms with Crippen molar-refractivity contribution >= 4 is 5.91 Å². The molecule has 0 bridgehead atoms. The van der Waals surface area contributed by atoms with E-state index < -0.39 is 0 Å². The standard InChI is InChI=1S/C27H34N2O/c1-2-3-18-28-27(30)26-14-12-23(13-15-26)9-7-8-19-29-20-16-25(17-21-29)22-24-10-5-4-6-11-24/h4-6,10-15,25H,2-3,9,16-22H2,1H3,(H,28,30). The first-order valence-electron chi connectivity index (χ1n) is 11.3. The van der Waals surface area contributed by atoms with E-state index in [0.717, 1.165) is 62.5 Å². The van der Waals surface area contributed by atoms with Gasteiger partial charge in [-0.3, -0.25) is 9.69 Å². The molecule has 3 rings (SSSR count). The van der Waals surface area contributed by atoms with Crippen molar-refractivity contribution in [2.45, 2.75) is 45.4 Å². The molecular formula is C27H34N2O. The van der Waals surface area contributed by atoms with Gasteiger partial charge in [0.1, 0.15) is 0 Å². The topological polar surface area (TPSA) is 32.3 Å². The van der Waals surface area contributed by atoms with Crippen molar-refractivity contribution in [3.63, 3.8) is 0 Å². The first kappa shape index (κ1) is 22.1. The van der Waals surface area contributed by atoms with Crippen LogP contribution in [0.2, 0.25) is 0 Å². The van der Waals surface area contributed by atoms with E-state index in [0.29, 0.717) is 0 Å². The number of piperidine rings is 1. The molecule has 1 aliphatic heterocycles. The van der Waals surface area contributed by atoms with Crippen molar-refractivity contribution < 1.29 is 4.79 Å². The van der Waals surface area contributed by atoms with Crippen LogP contribution in [0.25, 0.3) is 0 Å². The molecule has 30 heavy (non-hydrogen) atoms. The van der Waals surface area contributed by atoms with Crippen LogP contribution in [-0.2, 0) is 12.8 Å². The van der Waals surface area contributed by atoms with Crippen molar-refractivity contribution in [3.8, 4) is 11.8 Å². The maximum absolute atomic E-state index is 12.0. The molecule has 0 aromatic heterocycles. The van der Waals surface area contributed by atoms with Gasteiger partial charge in [0.05, 0.1) is 6.54 Å². The van der Waals surface area contributed by atoms with Crippen LogP contribution in [0.4, 0.5) is 0 Å². The Labute approximate surface area is 181 Å². The maximum Gasteiger partial charge on any atom is 0.251 e. The Morgan fingerprint density at radius 1 is 1.00 bits per heavy atom. The average Bonchev–Trinajstić information content (AvgIpc) is 2.79. The van der Waals surface area contributed by atoms with E-state index in [1.54, 1.807) is 0 Å². The quantitative estimate of drug-likeness (QED) is 0.512. The van der Waals surface area contributed by atoms with Gasteiger partial charge in [-0.1, -0.05) is 67.6 Å². The summed E-state index contributed by atoms with van der Waals surface area (Å²) in [6.07, 6.45) is 6.57. The second-order valence-corrected chi connectivity index (χ2v) is 8.25. The number of benzene rings is 2. The Morgan fingerprint density at radius 2 is 1.73 bits per heavy atom. The highest BCUT2D eigenvalue weighted by atomic mass is 16.1. The largest absolute Gasteiger partial charge is 0.352 e. The summed E-state index contributed by atoms with van der Waals surface area (Å²) in [6, 6.07) is 18.7. The van der Waals surface area contributed by atoms with Crippen LogP contribution in [0.1, 0.15) is 54.1 Å². The lowest BCUT2D eigenvalue weighted by Gasteiger charge is -2.30. The molecule has 3 nitrogen and oxygen atoms in total. The van der Waals surface area contributed by atoms with E-state index >= 15 is 0 Å².